The molecular formula is C20H32O5. The third-order valence-corrected chi connectivity index (χ3v) is 5.16. The topological polar surface area (TPSA) is 76.0 Å². The SMILES string of the molecule is CCCCC[C@H](O)/C=C/[C@H]1[C@H](C/C=C\CCCC(=O)O)[C@H]2C[C@@H]1OO2. The quantitative estimate of drug-likeness (QED) is 0.315. The minimum Gasteiger partial charge on any atom is -0.481 e. The average molecular weight is 352 g/mol. The highest BCUT2D eigenvalue weighted by atomic mass is 17.2. The Morgan fingerprint density at radius 1 is 1.20 bits per heavy atom. The van der Waals surface area contributed by atoms with Crippen molar-refractivity contribution in [1.29, 1.82) is 0 Å². The van der Waals surface area contributed by atoms with Crippen LogP contribution < -0.4 is 0 Å². The Bertz CT molecular complexity index is 459. The number of hydrogen-bond acceptors (Lipinski definition) is 4. The van der Waals surface area contributed by atoms with Crippen molar-refractivity contribution in [2.75, 3.05) is 0 Å². The minimum atomic E-state index is -0.741. The summed E-state index contributed by atoms with van der Waals surface area (Å²) in [7, 11) is 0. The Morgan fingerprint density at radius 2 is 2.00 bits per heavy atom. The predicted molar refractivity (Wildman–Crippen MR) is 95.9 cm³/mol. The van der Waals surface area contributed by atoms with Crippen LogP contribution in [0.5, 0.6) is 0 Å². The molecule has 0 amide bonds. The van der Waals surface area contributed by atoms with Gasteiger partial charge in [-0.1, -0.05) is 50.5 Å². The van der Waals surface area contributed by atoms with E-state index >= 15 is 0 Å². The summed E-state index contributed by atoms with van der Waals surface area (Å²) >= 11 is 0. The first-order valence-corrected chi connectivity index (χ1v) is 9.67. The number of aliphatic hydroxyl groups is 1. The Morgan fingerprint density at radius 3 is 2.76 bits per heavy atom. The van der Waals surface area contributed by atoms with Crippen molar-refractivity contribution in [3.8, 4) is 0 Å². The van der Waals surface area contributed by atoms with E-state index in [1.54, 1.807) is 0 Å². The summed E-state index contributed by atoms with van der Waals surface area (Å²) in [5, 5.41) is 18.7. The minimum absolute atomic E-state index is 0.0921. The van der Waals surface area contributed by atoms with Crippen LogP contribution in [0.2, 0.25) is 0 Å². The van der Waals surface area contributed by atoms with Crippen LogP contribution in [0.25, 0.3) is 0 Å². The second kappa shape index (κ2) is 10.7. The van der Waals surface area contributed by atoms with Gasteiger partial charge in [0.2, 0.25) is 0 Å². The van der Waals surface area contributed by atoms with Crippen LogP contribution in [-0.2, 0) is 14.6 Å². The molecule has 1 aliphatic carbocycles. The van der Waals surface area contributed by atoms with Crippen molar-refractivity contribution in [3.05, 3.63) is 24.3 Å². The zero-order valence-corrected chi connectivity index (χ0v) is 15.2. The van der Waals surface area contributed by atoms with E-state index < -0.39 is 5.97 Å². The van der Waals surface area contributed by atoms with Gasteiger partial charge in [0, 0.05) is 24.7 Å². The number of unbranched alkanes of at least 4 members (excludes halogenated alkanes) is 3. The maximum atomic E-state index is 10.5. The molecule has 2 rings (SSSR count). The second-order valence-corrected chi connectivity index (χ2v) is 7.19. The number of hydrogen-bond donors (Lipinski definition) is 2. The van der Waals surface area contributed by atoms with Crippen molar-refractivity contribution in [3.63, 3.8) is 0 Å². The maximum Gasteiger partial charge on any atom is 0.303 e. The molecule has 2 aliphatic rings. The fourth-order valence-corrected chi connectivity index (χ4v) is 3.72. The van der Waals surface area contributed by atoms with Crippen LogP contribution in [0.15, 0.2) is 24.3 Å². The van der Waals surface area contributed by atoms with E-state index in [2.05, 4.69) is 25.2 Å². The van der Waals surface area contributed by atoms with Gasteiger partial charge >= 0.3 is 5.97 Å². The van der Waals surface area contributed by atoms with Crippen LogP contribution in [0, 0.1) is 11.8 Å². The third kappa shape index (κ3) is 6.57. The average Bonchev–Trinajstić information content (AvgIpc) is 3.17. The molecule has 5 nitrogen and oxygen atoms in total. The molecule has 2 fully saturated rings. The van der Waals surface area contributed by atoms with Gasteiger partial charge in [0.25, 0.3) is 0 Å². The third-order valence-electron chi connectivity index (χ3n) is 5.16. The first kappa shape index (κ1) is 20.1. The van der Waals surface area contributed by atoms with E-state index in [0.717, 1.165) is 44.9 Å². The van der Waals surface area contributed by atoms with E-state index in [-0.39, 0.29) is 30.7 Å². The summed E-state index contributed by atoms with van der Waals surface area (Å²) in [6.45, 7) is 2.16. The lowest BCUT2D eigenvalue weighted by Crippen LogP contribution is -2.28. The molecular weight excluding hydrogens is 320 g/mol. The van der Waals surface area contributed by atoms with Gasteiger partial charge in [-0.15, -0.1) is 0 Å². The van der Waals surface area contributed by atoms with Crippen LogP contribution in [0.4, 0.5) is 0 Å². The van der Waals surface area contributed by atoms with Gasteiger partial charge in [-0.2, -0.15) is 0 Å². The zero-order valence-electron chi connectivity index (χ0n) is 15.2. The van der Waals surface area contributed by atoms with E-state index in [9.17, 15) is 9.90 Å². The number of carboxylic acids is 1. The molecule has 1 heterocycles. The molecule has 2 bridgehead atoms. The number of carboxylic acid groups (broad SMARTS) is 1. The Hall–Kier alpha value is -1.17. The summed E-state index contributed by atoms with van der Waals surface area (Å²) in [6, 6.07) is 0. The molecule has 0 aromatic heterocycles. The number of allylic oxidation sites excluding steroid dienone is 2. The van der Waals surface area contributed by atoms with Crippen molar-refractivity contribution in [2.24, 2.45) is 11.8 Å². The van der Waals surface area contributed by atoms with Crippen LogP contribution >= 0.6 is 0 Å². The van der Waals surface area contributed by atoms with Crippen molar-refractivity contribution >= 4 is 5.97 Å². The first-order chi connectivity index (χ1) is 12.1. The summed E-state index contributed by atoms with van der Waals surface area (Å²) in [5.74, 6) is -0.0912. The molecule has 0 aromatic rings. The molecule has 142 valence electrons. The maximum absolute atomic E-state index is 10.5. The van der Waals surface area contributed by atoms with E-state index in [1.807, 2.05) is 6.08 Å². The van der Waals surface area contributed by atoms with Gasteiger partial charge in [-0.25, -0.2) is 9.78 Å². The lowest BCUT2D eigenvalue weighted by molar-refractivity contribution is -0.336. The van der Waals surface area contributed by atoms with Crippen LogP contribution in [0.3, 0.4) is 0 Å². The lowest BCUT2D eigenvalue weighted by Gasteiger charge is -2.27. The molecule has 5 atom stereocenters. The fraction of sp³-hybridized carbons (Fsp3) is 0.750. The van der Waals surface area contributed by atoms with E-state index in [0.29, 0.717) is 12.3 Å². The highest BCUT2D eigenvalue weighted by Crippen LogP contribution is 2.44. The van der Waals surface area contributed by atoms with E-state index in [4.69, 9.17) is 14.9 Å². The fourth-order valence-electron chi connectivity index (χ4n) is 3.72. The van der Waals surface area contributed by atoms with Gasteiger partial charge in [0.15, 0.2) is 0 Å². The number of aliphatic hydroxyl groups excluding tert-OH is 1. The lowest BCUT2D eigenvalue weighted by atomic mass is 9.89. The van der Waals surface area contributed by atoms with Crippen LogP contribution in [0.1, 0.15) is 64.7 Å². The summed E-state index contributed by atoms with van der Waals surface area (Å²) in [4.78, 5) is 21.3. The van der Waals surface area contributed by atoms with Gasteiger partial charge in [0.1, 0.15) is 6.10 Å². The molecule has 25 heavy (non-hydrogen) atoms. The predicted octanol–water partition coefficient (Wildman–Crippen LogP) is 4.02. The Kier molecular flexibility index (Phi) is 8.65. The Labute approximate surface area is 150 Å². The summed E-state index contributed by atoms with van der Waals surface area (Å²) in [5.41, 5.74) is 0. The second-order valence-electron chi connectivity index (χ2n) is 7.19. The number of rotatable bonds is 12. The molecule has 0 aromatic carbocycles. The first-order valence-electron chi connectivity index (χ1n) is 9.67. The molecule has 0 unspecified atom stereocenters. The molecule has 1 saturated carbocycles. The molecule has 5 heteroatoms. The number of aliphatic carboxylic acids is 1. The van der Waals surface area contributed by atoms with Crippen molar-refractivity contribution in [1.82, 2.24) is 0 Å². The van der Waals surface area contributed by atoms with Gasteiger partial charge < -0.3 is 10.2 Å². The number of carbonyl (C=O) groups is 1. The monoisotopic (exact) mass is 352 g/mol. The van der Waals surface area contributed by atoms with Gasteiger partial charge in [-0.05, 0) is 25.7 Å². The van der Waals surface area contributed by atoms with Crippen molar-refractivity contribution < 1.29 is 24.8 Å². The smallest absolute Gasteiger partial charge is 0.303 e. The van der Waals surface area contributed by atoms with Gasteiger partial charge in [-0.3, -0.25) is 4.79 Å². The Balaban J connectivity index is 1.78. The highest BCUT2D eigenvalue weighted by molar-refractivity contribution is 5.66. The normalized spacial score (nSPS) is 29.8. The zero-order chi connectivity index (χ0) is 18.1. The largest absolute Gasteiger partial charge is 0.481 e. The molecule has 0 radical (unpaired) electrons. The summed E-state index contributed by atoms with van der Waals surface area (Å²) < 4.78 is 0. The van der Waals surface area contributed by atoms with Gasteiger partial charge in [0.05, 0.1) is 12.2 Å². The summed E-state index contributed by atoms with van der Waals surface area (Å²) in [6.07, 6.45) is 15.8. The standard InChI is InChI=1S/C20H32O5/c1-2-3-6-9-15(21)12-13-17-16(18-14-19(17)25-24-18)10-7-4-5-8-11-20(22)23/h4,7,12-13,15-19,21H,2-3,5-6,8-11,14H2,1H3,(H,22,23)/b7-4-,13-12+/t15-,16-,17-,18+,19-/m0/s1. The highest BCUT2D eigenvalue weighted by Gasteiger charge is 2.49. The van der Waals surface area contributed by atoms with Crippen molar-refractivity contribution in [2.45, 2.75) is 83.0 Å². The molecule has 1 saturated heterocycles. The molecule has 1 aliphatic heterocycles. The molecule has 2 N–H and O–H groups in total. The van der Waals surface area contributed by atoms with E-state index in [1.165, 1.54) is 0 Å². The molecule has 0 spiro atoms. The number of fused-ring (bicyclic) bond motifs is 2. The van der Waals surface area contributed by atoms with Crippen LogP contribution in [-0.4, -0.2) is 34.5 Å².